The average molecular weight is 1340 g/mol. The summed E-state index contributed by atoms with van der Waals surface area (Å²) in [7, 11) is 0. The molecule has 0 fully saturated rings. The van der Waals surface area contributed by atoms with Gasteiger partial charge in [0, 0.05) is 83.1 Å². The summed E-state index contributed by atoms with van der Waals surface area (Å²) in [5, 5.41) is 5.94. The van der Waals surface area contributed by atoms with E-state index in [4.69, 9.17) is 33.4 Å². The van der Waals surface area contributed by atoms with Crippen molar-refractivity contribution >= 4 is 90.4 Å². The molecule has 14 aromatic rings. The molecular formula is C76H45B2N5O6Pt-2. The van der Waals surface area contributed by atoms with Gasteiger partial charge >= 0.3 is 0 Å². The van der Waals surface area contributed by atoms with Crippen LogP contribution in [0.2, 0.25) is 0 Å². The van der Waals surface area contributed by atoms with Gasteiger partial charge in [-0.1, -0.05) is 111 Å². The van der Waals surface area contributed by atoms with Crippen molar-refractivity contribution in [3.8, 4) is 108 Å². The predicted molar refractivity (Wildman–Crippen MR) is 348 cm³/mol. The number of nitrogens with one attached hydrogen (secondary N) is 1. The molecule has 6 aliphatic heterocycles. The molecule has 0 spiro atoms. The van der Waals surface area contributed by atoms with Gasteiger partial charge in [-0.2, -0.15) is 18.2 Å². The van der Waals surface area contributed by atoms with Gasteiger partial charge in [0.25, 0.3) is 19.8 Å². The van der Waals surface area contributed by atoms with Gasteiger partial charge in [0.15, 0.2) is 0 Å². The molecule has 9 heterocycles. The number of ether oxygens (including phenoxy) is 6. The molecular weight excluding hydrogens is 1300 g/mol. The molecule has 0 saturated carbocycles. The van der Waals surface area contributed by atoms with Crippen LogP contribution in [-0.2, 0) is 26.5 Å². The summed E-state index contributed by atoms with van der Waals surface area (Å²) in [5.74, 6) is 9.57. The van der Waals surface area contributed by atoms with Crippen molar-refractivity contribution in [2.45, 2.75) is 26.2 Å². The molecule has 6 aliphatic rings. The van der Waals surface area contributed by atoms with Gasteiger partial charge in [-0.15, -0.1) is 29.7 Å². The maximum Gasteiger partial charge on any atom is 0.270 e. The van der Waals surface area contributed by atoms with Gasteiger partial charge in [0.2, 0.25) is 0 Å². The van der Waals surface area contributed by atoms with Crippen LogP contribution in [0.25, 0.3) is 72.3 Å². The van der Waals surface area contributed by atoms with Crippen molar-refractivity contribution in [2.75, 3.05) is 5.32 Å². The first-order valence-electron chi connectivity index (χ1n) is 30.0. The second-order valence-electron chi connectivity index (χ2n) is 24.6. The van der Waals surface area contributed by atoms with Crippen molar-refractivity contribution in [2.24, 2.45) is 0 Å². The standard InChI is InChI=1S/C76H45B2N5O6.Pt/c1-76(2,3)43-34-35-79-67(38-43)83-54-20-5-4-16-48(54)49-31-30-46(40-57(49)83)84-45-15-8-14-44(39-45)81-41-82(56-22-7-6-21-55(56)81)74-47(42-36-65-73-66(37-42)88-63-28-12-25-60-71(63)78(73)70-59(86-60)24-11-27-62(70)87-65)17-9-18-50(74)51-32-33-53-69-75(51)89-64-29-13-26-61-72(64)77(69)68-52(80-53)19-10-23-58(68)85-61;/h4-38,80H,1-3H3;/q-2;. The number of imidazole rings is 1. The number of pyridine rings is 1. The third-order valence-corrected chi connectivity index (χ3v) is 18.6. The first-order valence-corrected chi connectivity index (χ1v) is 30.0. The van der Waals surface area contributed by atoms with E-state index < -0.39 is 0 Å². The Hall–Kier alpha value is -10.7. The third kappa shape index (κ3) is 7.23. The van der Waals surface area contributed by atoms with Crippen LogP contribution in [0.15, 0.2) is 212 Å². The van der Waals surface area contributed by atoms with Crippen LogP contribution in [0.4, 0.5) is 11.4 Å². The molecule has 0 amide bonds. The van der Waals surface area contributed by atoms with Crippen LogP contribution < -0.4 is 71.1 Å². The molecule has 20 rings (SSSR count). The van der Waals surface area contributed by atoms with E-state index >= 15 is 0 Å². The third-order valence-electron chi connectivity index (χ3n) is 18.6. The zero-order valence-corrected chi connectivity index (χ0v) is 50.7. The maximum atomic E-state index is 7.27. The molecule has 0 saturated heterocycles. The summed E-state index contributed by atoms with van der Waals surface area (Å²) in [6.45, 7) is 6.39. The molecule has 1 N–H and O–H groups in total. The topological polar surface area (TPSA) is 94.0 Å². The van der Waals surface area contributed by atoms with Gasteiger partial charge in [0.1, 0.15) is 63.3 Å². The fourth-order valence-electron chi connectivity index (χ4n) is 14.7. The minimum absolute atomic E-state index is 0. The van der Waals surface area contributed by atoms with Crippen LogP contribution in [-0.4, -0.2) is 27.5 Å². The summed E-state index contributed by atoms with van der Waals surface area (Å²) in [5.41, 5.74) is 18.2. The van der Waals surface area contributed by atoms with Crippen molar-refractivity contribution in [1.29, 1.82) is 0 Å². The molecule has 0 unspecified atom stereocenters. The molecule has 428 valence electrons. The predicted octanol–water partition coefficient (Wildman–Crippen LogP) is 13.8. The summed E-state index contributed by atoms with van der Waals surface area (Å²) in [6, 6.07) is 78.1. The zero-order valence-electron chi connectivity index (χ0n) is 48.4. The Morgan fingerprint density at radius 3 is 1.81 bits per heavy atom. The molecule has 0 radical (unpaired) electrons. The number of hydrogen-bond acceptors (Lipinski definition) is 8. The second kappa shape index (κ2) is 18.7. The summed E-state index contributed by atoms with van der Waals surface area (Å²) in [6.07, 6.45) is 5.80. The van der Waals surface area contributed by atoms with E-state index in [1.54, 1.807) is 0 Å². The molecule has 14 heteroatoms. The number of hydrogen-bond donors (Lipinski definition) is 1. The van der Waals surface area contributed by atoms with E-state index in [1.807, 2.05) is 85.1 Å². The number of aromatic nitrogens is 4. The fourth-order valence-corrected chi connectivity index (χ4v) is 14.7. The van der Waals surface area contributed by atoms with Crippen molar-refractivity contribution in [3.63, 3.8) is 0 Å². The van der Waals surface area contributed by atoms with Crippen molar-refractivity contribution in [3.05, 3.63) is 236 Å². The summed E-state index contributed by atoms with van der Waals surface area (Å²) >= 11 is 0. The number of nitrogens with zero attached hydrogens (tertiary/aromatic N) is 4. The molecule has 0 bridgehead atoms. The second-order valence-corrected chi connectivity index (χ2v) is 24.6. The number of anilines is 2. The van der Waals surface area contributed by atoms with Crippen molar-refractivity contribution in [1.82, 2.24) is 14.1 Å². The van der Waals surface area contributed by atoms with Crippen LogP contribution in [0.1, 0.15) is 26.3 Å². The summed E-state index contributed by atoms with van der Waals surface area (Å²) < 4.78 is 47.6. The van der Waals surface area contributed by atoms with Gasteiger partial charge < -0.3 is 42.9 Å². The van der Waals surface area contributed by atoms with E-state index in [0.717, 1.165) is 174 Å². The zero-order chi connectivity index (χ0) is 58.5. The number of fused-ring (bicyclic) bond motifs is 4. The Labute approximate surface area is 531 Å². The number of rotatable bonds is 7. The van der Waals surface area contributed by atoms with Crippen LogP contribution in [0, 0.1) is 18.5 Å². The Morgan fingerprint density at radius 2 is 1.08 bits per heavy atom. The smallest absolute Gasteiger partial charge is 0.270 e. The average Bonchev–Trinajstić information content (AvgIpc) is 0.921. The Kier molecular flexibility index (Phi) is 10.6. The van der Waals surface area contributed by atoms with Gasteiger partial charge in [0.05, 0.1) is 16.7 Å². The Morgan fingerprint density at radius 1 is 0.489 bits per heavy atom. The van der Waals surface area contributed by atoms with E-state index in [1.165, 1.54) is 5.56 Å². The van der Waals surface area contributed by atoms with E-state index in [0.29, 0.717) is 11.5 Å². The number of para-hydroxylation sites is 4. The van der Waals surface area contributed by atoms with Crippen LogP contribution in [0.5, 0.6) is 69.0 Å². The monoisotopic (exact) mass is 1340 g/mol. The molecule has 11 aromatic carbocycles. The van der Waals surface area contributed by atoms with Gasteiger partial charge in [-0.25, -0.2) is 4.98 Å². The Bertz CT molecular complexity index is 5430. The van der Waals surface area contributed by atoms with E-state index in [2.05, 4.69) is 186 Å². The Balaban J connectivity index is 0.00000583. The van der Waals surface area contributed by atoms with E-state index in [9.17, 15) is 0 Å². The molecule has 11 nitrogen and oxygen atoms in total. The number of benzene rings is 11. The molecule has 90 heavy (non-hydrogen) atoms. The molecule has 0 atom stereocenters. The quantitative estimate of drug-likeness (QED) is 0.0958. The van der Waals surface area contributed by atoms with Crippen molar-refractivity contribution < 1.29 is 54.1 Å². The minimum Gasteiger partial charge on any atom is -0.510 e. The SMILES string of the molecule is CC(C)(C)c1ccnc(-n2c3[c-]c(Oc4[c-]c(-n5[c-][n+](-c6c(-c7cc8c9c(c7)Oc7cccc%10c7B9c7c(cccc7O8)O%10)cccc6-c6ccc7c8c6Oc6cccc9c6B8c6c(cccc6O9)N7)c6ccccc65)ccc4)ccc3c3ccccc32)c1.[Pt]. The minimum atomic E-state index is -0.139. The van der Waals surface area contributed by atoms with Crippen LogP contribution in [0.3, 0.4) is 0 Å². The first-order chi connectivity index (χ1) is 43.7. The normalized spacial score (nSPS) is 13.5. The fraction of sp³-hybridized carbons (Fsp3) is 0.0526. The largest absolute Gasteiger partial charge is 0.510 e. The first kappa shape index (κ1) is 51.3. The maximum absolute atomic E-state index is 7.27. The van der Waals surface area contributed by atoms with Gasteiger partial charge in [-0.05, 0) is 141 Å². The van der Waals surface area contributed by atoms with Crippen LogP contribution >= 0.6 is 0 Å². The summed E-state index contributed by atoms with van der Waals surface area (Å²) in [4.78, 5) is 4.91. The van der Waals surface area contributed by atoms with Gasteiger partial charge in [-0.3, -0.25) is 4.57 Å². The molecule has 3 aromatic heterocycles. The molecule has 0 aliphatic carbocycles. The van der Waals surface area contributed by atoms with E-state index in [-0.39, 0.29) is 39.9 Å².